The van der Waals surface area contributed by atoms with Gasteiger partial charge in [0.25, 0.3) is 0 Å². The predicted octanol–water partition coefficient (Wildman–Crippen LogP) is 5.67. The topological polar surface area (TPSA) is 80.1 Å². The van der Waals surface area contributed by atoms with Crippen molar-refractivity contribution in [2.45, 2.75) is 31.4 Å². The lowest BCUT2D eigenvalue weighted by molar-refractivity contribution is -0.137. The summed E-state index contributed by atoms with van der Waals surface area (Å²) in [5, 5.41) is 9.10. The van der Waals surface area contributed by atoms with E-state index in [2.05, 4.69) is 20.8 Å². The van der Waals surface area contributed by atoms with Crippen LogP contribution >= 0.6 is 0 Å². The minimum atomic E-state index is -4.42. The lowest BCUT2D eigenvalue weighted by Crippen LogP contribution is -2.19. The van der Waals surface area contributed by atoms with Gasteiger partial charge < -0.3 is 15.2 Å². The normalized spacial score (nSPS) is 14.3. The third kappa shape index (κ3) is 4.39. The van der Waals surface area contributed by atoms with Crippen LogP contribution in [0.1, 0.15) is 36.6 Å². The molecule has 1 aliphatic carbocycles. The Morgan fingerprint density at radius 2 is 1.55 bits per heavy atom. The Kier molecular flexibility index (Phi) is 4.96. The average molecular weight is 402 g/mol. The summed E-state index contributed by atoms with van der Waals surface area (Å²) in [5.41, 5.74) is 0.748. The first-order valence-electron chi connectivity index (χ1n) is 9.08. The molecule has 150 valence electrons. The molecule has 0 unspecified atom stereocenters. The first kappa shape index (κ1) is 19.0. The number of aromatic nitrogens is 2. The van der Waals surface area contributed by atoms with Gasteiger partial charge in [-0.2, -0.15) is 18.2 Å². The molecule has 2 aromatic carbocycles. The maximum atomic E-state index is 12.6. The highest BCUT2D eigenvalue weighted by Crippen LogP contribution is 2.36. The number of halogens is 3. The van der Waals surface area contributed by atoms with Gasteiger partial charge in [-0.15, -0.1) is 0 Å². The maximum absolute atomic E-state index is 12.6. The van der Waals surface area contributed by atoms with E-state index in [9.17, 15) is 18.0 Å². The summed E-state index contributed by atoms with van der Waals surface area (Å²) in [6.07, 6.45) is -1.10. The van der Waals surface area contributed by atoms with E-state index < -0.39 is 17.8 Å². The molecule has 1 aromatic heterocycles. The number of rotatable bonds is 4. The summed E-state index contributed by atoms with van der Waals surface area (Å²) in [6, 6.07) is 10.5. The molecular formula is C20H17F3N4O2. The van der Waals surface area contributed by atoms with Crippen molar-refractivity contribution in [2.75, 3.05) is 10.6 Å². The Morgan fingerprint density at radius 3 is 2.07 bits per heavy atom. The molecule has 0 bridgehead atoms. The van der Waals surface area contributed by atoms with Gasteiger partial charge in [0.2, 0.25) is 11.7 Å². The summed E-state index contributed by atoms with van der Waals surface area (Å²) >= 11 is 0. The zero-order chi connectivity index (χ0) is 20.4. The van der Waals surface area contributed by atoms with Crippen LogP contribution in [0.2, 0.25) is 0 Å². The first-order chi connectivity index (χ1) is 13.9. The molecule has 1 saturated carbocycles. The number of benzene rings is 2. The van der Waals surface area contributed by atoms with Crippen molar-refractivity contribution in [1.29, 1.82) is 0 Å². The Hall–Kier alpha value is -3.36. The van der Waals surface area contributed by atoms with Crippen LogP contribution in [-0.2, 0) is 6.18 Å². The highest BCUT2D eigenvalue weighted by atomic mass is 19.4. The number of carbonyl (C=O) groups is 1. The number of hydrogen-bond donors (Lipinski definition) is 2. The summed E-state index contributed by atoms with van der Waals surface area (Å²) in [5.74, 6) is 1.50. The lowest BCUT2D eigenvalue weighted by atomic mass is 9.85. The predicted molar refractivity (Wildman–Crippen MR) is 100 cm³/mol. The molecule has 3 aromatic rings. The average Bonchev–Trinajstić information content (AvgIpc) is 3.10. The summed E-state index contributed by atoms with van der Waals surface area (Å²) < 4.78 is 43.0. The van der Waals surface area contributed by atoms with E-state index in [1.807, 2.05) is 0 Å². The van der Waals surface area contributed by atoms with Gasteiger partial charge in [0.05, 0.1) is 5.56 Å². The minimum absolute atomic E-state index is 0.252. The number of nitrogens with one attached hydrogen (secondary N) is 2. The van der Waals surface area contributed by atoms with Crippen LogP contribution in [0.25, 0.3) is 11.4 Å². The number of carbonyl (C=O) groups excluding carboxylic acids is 1. The molecule has 1 fully saturated rings. The molecule has 9 heteroatoms. The number of nitrogens with zero attached hydrogens (tertiary/aromatic N) is 2. The maximum Gasteiger partial charge on any atom is 0.416 e. The van der Waals surface area contributed by atoms with Crippen molar-refractivity contribution in [2.24, 2.45) is 0 Å². The fourth-order valence-corrected chi connectivity index (χ4v) is 2.91. The highest BCUT2D eigenvalue weighted by Gasteiger charge is 2.30. The fraction of sp³-hybridized carbons (Fsp3) is 0.250. The van der Waals surface area contributed by atoms with Gasteiger partial charge in [-0.3, -0.25) is 0 Å². The first-order valence-corrected chi connectivity index (χ1v) is 9.08. The van der Waals surface area contributed by atoms with Gasteiger partial charge in [-0.25, -0.2) is 4.79 Å². The van der Waals surface area contributed by atoms with Crippen molar-refractivity contribution in [1.82, 2.24) is 10.1 Å². The number of anilines is 2. The molecule has 2 N–H and O–H groups in total. The van der Waals surface area contributed by atoms with Crippen molar-refractivity contribution >= 4 is 17.4 Å². The molecule has 0 spiro atoms. The second-order valence-electron chi connectivity index (χ2n) is 6.82. The molecule has 4 rings (SSSR count). The van der Waals surface area contributed by atoms with Crippen LogP contribution in [0, 0.1) is 0 Å². The molecule has 0 saturated heterocycles. The van der Waals surface area contributed by atoms with Crippen molar-refractivity contribution in [3.8, 4) is 11.4 Å². The van der Waals surface area contributed by atoms with Gasteiger partial charge in [0.1, 0.15) is 0 Å². The second-order valence-corrected chi connectivity index (χ2v) is 6.82. The van der Waals surface area contributed by atoms with E-state index in [4.69, 9.17) is 4.52 Å². The van der Waals surface area contributed by atoms with E-state index in [0.717, 1.165) is 30.5 Å². The molecule has 2 amide bonds. The fourth-order valence-electron chi connectivity index (χ4n) is 2.91. The van der Waals surface area contributed by atoms with Crippen LogP contribution in [0.5, 0.6) is 0 Å². The lowest BCUT2D eigenvalue weighted by Gasteiger charge is -2.20. The van der Waals surface area contributed by atoms with Crippen LogP contribution in [0.15, 0.2) is 53.1 Å². The largest absolute Gasteiger partial charge is 0.416 e. The molecule has 1 heterocycles. The van der Waals surface area contributed by atoms with E-state index in [1.54, 1.807) is 24.3 Å². The van der Waals surface area contributed by atoms with Crippen molar-refractivity contribution in [3.05, 3.63) is 60.0 Å². The second kappa shape index (κ2) is 7.57. The molecule has 0 aliphatic heterocycles. The molecule has 1 aliphatic rings. The number of amides is 2. The monoisotopic (exact) mass is 402 g/mol. The highest BCUT2D eigenvalue weighted by molar-refractivity contribution is 5.99. The van der Waals surface area contributed by atoms with Crippen LogP contribution in [0.3, 0.4) is 0 Å². The standard InChI is InChI=1S/C20H17F3N4O2/c21-20(22,23)14-6-10-16(11-7-14)25-19(28)24-15-8-4-12(5-9-15)17-26-18(29-27-17)13-2-1-3-13/h4-11,13H,1-3H2,(H2,24,25,28). The summed E-state index contributed by atoms with van der Waals surface area (Å²) in [6.45, 7) is 0. The zero-order valence-corrected chi connectivity index (χ0v) is 15.2. The quantitative estimate of drug-likeness (QED) is 0.590. The Balaban J connectivity index is 1.35. The molecule has 0 radical (unpaired) electrons. The van der Waals surface area contributed by atoms with Crippen LogP contribution in [0.4, 0.5) is 29.3 Å². The van der Waals surface area contributed by atoms with Crippen molar-refractivity contribution < 1.29 is 22.5 Å². The van der Waals surface area contributed by atoms with Gasteiger partial charge in [-0.05, 0) is 61.4 Å². The van der Waals surface area contributed by atoms with Crippen LogP contribution in [-0.4, -0.2) is 16.2 Å². The van der Waals surface area contributed by atoms with E-state index in [-0.39, 0.29) is 5.69 Å². The zero-order valence-electron chi connectivity index (χ0n) is 15.2. The SMILES string of the molecule is O=C(Nc1ccc(-c2noc(C3CCC3)n2)cc1)Nc1ccc(C(F)(F)F)cc1. The third-order valence-electron chi connectivity index (χ3n) is 4.77. The van der Waals surface area contributed by atoms with Gasteiger partial charge in [0.15, 0.2) is 0 Å². The summed E-state index contributed by atoms with van der Waals surface area (Å²) in [7, 11) is 0. The van der Waals surface area contributed by atoms with Gasteiger partial charge in [0, 0.05) is 22.9 Å². The molecular weight excluding hydrogens is 385 g/mol. The van der Waals surface area contributed by atoms with Gasteiger partial charge >= 0.3 is 12.2 Å². The smallest absolute Gasteiger partial charge is 0.339 e. The molecule has 6 nitrogen and oxygen atoms in total. The van der Waals surface area contributed by atoms with Crippen LogP contribution < -0.4 is 10.6 Å². The Labute approximate surface area is 164 Å². The number of alkyl halides is 3. The Bertz CT molecular complexity index is 994. The van der Waals surface area contributed by atoms with E-state index in [1.165, 1.54) is 18.6 Å². The molecule has 29 heavy (non-hydrogen) atoms. The number of urea groups is 1. The third-order valence-corrected chi connectivity index (χ3v) is 4.77. The number of hydrogen-bond acceptors (Lipinski definition) is 4. The van der Waals surface area contributed by atoms with E-state index >= 15 is 0 Å². The minimum Gasteiger partial charge on any atom is -0.339 e. The van der Waals surface area contributed by atoms with E-state index in [0.29, 0.717) is 23.3 Å². The van der Waals surface area contributed by atoms with Gasteiger partial charge in [-0.1, -0.05) is 11.6 Å². The molecule has 0 atom stereocenters. The Morgan fingerprint density at radius 1 is 0.966 bits per heavy atom. The van der Waals surface area contributed by atoms with Crippen molar-refractivity contribution in [3.63, 3.8) is 0 Å². The summed E-state index contributed by atoms with van der Waals surface area (Å²) in [4.78, 5) is 16.5.